The molecule has 88 valence electrons. The highest BCUT2D eigenvalue weighted by Crippen LogP contribution is 2.19. The summed E-state index contributed by atoms with van der Waals surface area (Å²) in [6, 6.07) is 0.0971. The lowest BCUT2D eigenvalue weighted by Crippen LogP contribution is -2.48. The van der Waals surface area contributed by atoms with Crippen LogP contribution in [0.5, 0.6) is 0 Å². The zero-order chi connectivity index (χ0) is 11.5. The van der Waals surface area contributed by atoms with Crippen molar-refractivity contribution < 1.29 is 8.42 Å². The van der Waals surface area contributed by atoms with Gasteiger partial charge in [0.05, 0.1) is 0 Å². The highest BCUT2D eigenvalue weighted by atomic mass is 79.9. The second-order valence-electron chi connectivity index (χ2n) is 3.80. The van der Waals surface area contributed by atoms with E-state index in [4.69, 9.17) is 0 Å². The monoisotopic (exact) mass is 296 g/mol. The van der Waals surface area contributed by atoms with Gasteiger partial charge in [-0.25, -0.2) is 0 Å². The molecule has 6 heteroatoms. The van der Waals surface area contributed by atoms with Gasteiger partial charge in [0, 0.05) is 23.6 Å². The van der Waals surface area contributed by atoms with E-state index < -0.39 is 10.2 Å². The maximum absolute atomic E-state index is 11.9. The number of piperidine rings is 1. The van der Waals surface area contributed by atoms with Crippen molar-refractivity contribution in [3.8, 4) is 0 Å². The van der Waals surface area contributed by atoms with Crippen LogP contribution in [0.1, 0.15) is 26.2 Å². The van der Waals surface area contributed by atoms with E-state index in [1.165, 1.54) is 4.31 Å². The minimum atomic E-state index is -3.34. The predicted molar refractivity (Wildman–Crippen MR) is 65.0 cm³/mol. The third kappa shape index (κ3) is 3.86. The summed E-state index contributed by atoms with van der Waals surface area (Å²) in [5, 5.41) is 0. The van der Waals surface area contributed by atoms with E-state index in [0.717, 1.165) is 19.3 Å². The van der Waals surface area contributed by atoms with Crippen molar-refractivity contribution in [2.45, 2.75) is 32.2 Å². The van der Waals surface area contributed by atoms with Gasteiger partial charge in [-0.05, 0) is 19.8 Å². The molecule has 15 heavy (non-hydrogen) atoms. The van der Waals surface area contributed by atoms with Crippen molar-refractivity contribution in [1.29, 1.82) is 0 Å². The van der Waals surface area contributed by atoms with Crippen LogP contribution in [0.25, 0.3) is 0 Å². The molecule has 1 aliphatic rings. The fraction of sp³-hybridized carbons (Fsp3) is 0.778. The van der Waals surface area contributed by atoms with Crippen molar-refractivity contribution in [3.63, 3.8) is 0 Å². The van der Waals surface area contributed by atoms with Gasteiger partial charge in [-0.1, -0.05) is 28.9 Å². The fourth-order valence-corrected chi connectivity index (χ4v) is 3.48. The molecule has 1 N–H and O–H groups in total. The molecule has 0 aliphatic carbocycles. The molecule has 1 unspecified atom stereocenters. The Hall–Kier alpha value is 0.0900. The maximum atomic E-state index is 11.9. The Labute approximate surface area is 100 Å². The van der Waals surface area contributed by atoms with E-state index in [9.17, 15) is 8.42 Å². The second-order valence-corrected chi connectivity index (χ2v) is 6.63. The second kappa shape index (κ2) is 5.43. The minimum Gasteiger partial charge on any atom is -0.197 e. The van der Waals surface area contributed by atoms with E-state index in [1.807, 2.05) is 6.92 Å². The molecule has 4 nitrogen and oxygen atoms in total. The van der Waals surface area contributed by atoms with Gasteiger partial charge in [-0.2, -0.15) is 17.4 Å². The lowest BCUT2D eigenvalue weighted by Gasteiger charge is -2.32. The van der Waals surface area contributed by atoms with Crippen LogP contribution in [0.15, 0.2) is 11.1 Å². The zero-order valence-electron chi connectivity index (χ0n) is 8.87. The average Bonchev–Trinajstić information content (AvgIpc) is 2.15. The topological polar surface area (TPSA) is 49.4 Å². The summed E-state index contributed by atoms with van der Waals surface area (Å²) in [4.78, 5) is 0. The number of halogens is 1. The molecule has 0 radical (unpaired) electrons. The number of hydrogen-bond donors (Lipinski definition) is 1. The first-order chi connectivity index (χ1) is 6.93. The Kier molecular flexibility index (Phi) is 4.76. The molecule has 1 saturated heterocycles. The highest BCUT2D eigenvalue weighted by molar-refractivity contribution is 9.11. The molecule has 0 amide bonds. The van der Waals surface area contributed by atoms with Crippen LogP contribution in [0.4, 0.5) is 0 Å². The fourth-order valence-electron chi connectivity index (χ4n) is 1.68. The zero-order valence-corrected chi connectivity index (χ0v) is 11.3. The van der Waals surface area contributed by atoms with Crippen LogP contribution in [-0.4, -0.2) is 31.9 Å². The molecule has 1 fully saturated rings. The first-order valence-electron chi connectivity index (χ1n) is 5.03. The Bertz CT molecular complexity index is 329. The van der Waals surface area contributed by atoms with Gasteiger partial charge in [0.1, 0.15) is 0 Å². The van der Waals surface area contributed by atoms with Crippen molar-refractivity contribution in [2.24, 2.45) is 0 Å². The lowest BCUT2D eigenvalue weighted by molar-refractivity contribution is 0.266. The van der Waals surface area contributed by atoms with Crippen LogP contribution < -0.4 is 4.72 Å². The summed E-state index contributed by atoms with van der Waals surface area (Å²) < 4.78 is 28.4. The third-order valence-electron chi connectivity index (χ3n) is 2.50. The van der Waals surface area contributed by atoms with E-state index >= 15 is 0 Å². The smallest absolute Gasteiger partial charge is 0.197 e. The molecule has 0 aromatic carbocycles. The van der Waals surface area contributed by atoms with Crippen molar-refractivity contribution in [2.75, 3.05) is 13.1 Å². The first-order valence-corrected chi connectivity index (χ1v) is 7.26. The van der Waals surface area contributed by atoms with Gasteiger partial charge in [-0.15, -0.1) is 0 Å². The standard InChI is InChI=1S/C9H17BrN2O2S/c1-8(10)7-11-15(13,14)12-6-4-3-5-9(12)2/h9,11H,1,3-7H2,2H3. The molecular formula is C9H17BrN2O2S. The summed E-state index contributed by atoms with van der Waals surface area (Å²) >= 11 is 3.13. The van der Waals surface area contributed by atoms with Crippen LogP contribution in [0.3, 0.4) is 0 Å². The van der Waals surface area contributed by atoms with E-state index in [-0.39, 0.29) is 12.6 Å². The summed E-state index contributed by atoms with van der Waals surface area (Å²) in [7, 11) is -3.34. The van der Waals surface area contributed by atoms with Gasteiger partial charge in [-0.3, -0.25) is 0 Å². The molecule has 0 bridgehead atoms. The Morgan fingerprint density at radius 3 is 2.80 bits per heavy atom. The first kappa shape index (κ1) is 13.2. The number of nitrogens with zero attached hydrogens (tertiary/aromatic N) is 1. The lowest BCUT2D eigenvalue weighted by atomic mass is 10.1. The molecule has 0 spiro atoms. The summed E-state index contributed by atoms with van der Waals surface area (Å²) in [5.41, 5.74) is 0. The molecule has 1 atom stereocenters. The molecular weight excluding hydrogens is 280 g/mol. The number of hydrogen-bond acceptors (Lipinski definition) is 2. The molecule has 0 saturated carbocycles. The quantitative estimate of drug-likeness (QED) is 0.857. The normalized spacial score (nSPS) is 24.0. The van der Waals surface area contributed by atoms with Crippen LogP contribution >= 0.6 is 15.9 Å². The van der Waals surface area contributed by atoms with Crippen molar-refractivity contribution >= 4 is 26.1 Å². The molecule has 0 aromatic rings. The number of nitrogens with one attached hydrogen (secondary N) is 1. The van der Waals surface area contributed by atoms with Crippen LogP contribution in [0, 0.1) is 0 Å². The molecule has 1 aliphatic heterocycles. The van der Waals surface area contributed by atoms with E-state index in [0.29, 0.717) is 11.0 Å². The molecule has 1 rings (SSSR count). The summed E-state index contributed by atoms with van der Waals surface area (Å²) in [5.74, 6) is 0. The Morgan fingerprint density at radius 2 is 2.27 bits per heavy atom. The van der Waals surface area contributed by atoms with Gasteiger partial charge >= 0.3 is 0 Å². The van der Waals surface area contributed by atoms with Gasteiger partial charge in [0.15, 0.2) is 0 Å². The van der Waals surface area contributed by atoms with Crippen molar-refractivity contribution in [3.05, 3.63) is 11.1 Å². The van der Waals surface area contributed by atoms with E-state index in [2.05, 4.69) is 27.2 Å². The maximum Gasteiger partial charge on any atom is 0.280 e. The van der Waals surface area contributed by atoms with Gasteiger partial charge < -0.3 is 0 Å². The Balaban J connectivity index is 2.63. The van der Waals surface area contributed by atoms with Crippen LogP contribution in [0.2, 0.25) is 0 Å². The predicted octanol–water partition coefficient (Wildman–Crippen LogP) is 1.60. The largest absolute Gasteiger partial charge is 0.280 e. The Morgan fingerprint density at radius 1 is 1.60 bits per heavy atom. The molecule has 0 aromatic heterocycles. The van der Waals surface area contributed by atoms with Gasteiger partial charge in [0.2, 0.25) is 0 Å². The number of rotatable bonds is 4. The molecule has 1 heterocycles. The van der Waals surface area contributed by atoms with Crippen LogP contribution in [-0.2, 0) is 10.2 Å². The summed E-state index contributed by atoms with van der Waals surface area (Å²) in [6.07, 6.45) is 3.00. The minimum absolute atomic E-state index is 0.0971. The average molecular weight is 297 g/mol. The van der Waals surface area contributed by atoms with E-state index in [1.54, 1.807) is 0 Å². The summed E-state index contributed by atoms with van der Waals surface area (Å²) in [6.45, 7) is 6.40. The SMILES string of the molecule is C=C(Br)CNS(=O)(=O)N1CCCCC1C. The highest BCUT2D eigenvalue weighted by Gasteiger charge is 2.28. The third-order valence-corrected chi connectivity index (χ3v) is 4.45. The van der Waals surface area contributed by atoms with Crippen molar-refractivity contribution in [1.82, 2.24) is 9.03 Å². The van der Waals surface area contributed by atoms with Gasteiger partial charge in [0.25, 0.3) is 10.2 Å².